The number of imidazole rings is 1. The Bertz CT molecular complexity index is 1360. The third-order valence-corrected chi connectivity index (χ3v) is 6.61. The van der Waals surface area contributed by atoms with E-state index in [-0.39, 0.29) is 5.92 Å². The topological polar surface area (TPSA) is 117 Å². The predicted molar refractivity (Wildman–Crippen MR) is 139 cm³/mol. The highest BCUT2D eigenvalue weighted by molar-refractivity contribution is 6.31. The summed E-state index contributed by atoms with van der Waals surface area (Å²) in [6, 6.07) is 16.7. The molecule has 8 heteroatoms. The molecule has 4 aromatic rings. The first-order chi connectivity index (χ1) is 16.9. The van der Waals surface area contributed by atoms with Crippen LogP contribution in [0.1, 0.15) is 42.4 Å². The second-order valence-electron chi connectivity index (χ2n) is 9.04. The first kappa shape index (κ1) is 22.9. The molecular weight excluding hydrogens is 462 g/mol. The molecule has 2 aromatic carbocycles. The van der Waals surface area contributed by atoms with Gasteiger partial charge in [0.1, 0.15) is 5.82 Å². The van der Waals surface area contributed by atoms with Gasteiger partial charge in [-0.15, -0.1) is 0 Å². The van der Waals surface area contributed by atoms with Crippen LogP contribution in [0.15, 0.2) is 60.8 Å². The largest absolute Gasteiger partial charge is 0.465 e. The van der Waals surface area contributed by atoms with Gasteiger partial charge in [-0.3, -0.25) is 10.3 Å². The second kappa shape index (κ2) is 9.43. The van der Waals surface area contributed by atoms with Gasteiger partial charge in [-0.1, -0.05) is 42.6 Å². The van der Waals surface area contributed by atoms with Crippen molar-refractivity contribution in [1.29, 1.82) is 0 Å². The third-order valence-electron chi connectivity index (χ3n) is 6.38. The molecule has 7 nitrogen and oxygen atoms in total. The van der Waals surface area contributed by atoms with Crippen LogP contribution in [0, 0.1) is 12.8 Å². The number of H-pyrrole nitrogens is 1. The van der Waals surface area contributed by atoms with Gasteiger partial charge < -0.3 is 15.8 Å². The molecule has 178 valence electrons. The minimum atomic E-state index is -1.09. The smallest absolute Gasteiger partial charge is 0.409 e. The monoisotopic (exact) mass is 487 g/mol. The van der Waals surface area contributed by atoms with Crippen LogP contribution < -0.4 is 11.1 Å². The van der Waals surface area contributed by atoms with Gasteiger partial charge in [0, 0.05) is 45.0 Å². The molecule has 2 aromatic heterocycles. The summed E-state index contributed by atoms with van der Waals surface area (Å²) < 4.78 is 0. The number of hydrogen-bond acceptors (Lipinski definition) is 4. The van der Waals surface area contributed by atoms with Gasteiger partial charge in [-0.2, -0.15) is 0 Å². The summed E-state index contributed by atoms with van der Waals surface area (Å²) >= 11 is 6.17. The Kier molecular flexibility index (Phi) is 6.17. The number of benzene rings is 2. The molecule has 0 radical (unpaired) electrons. The zero-order valence-electron chi connectivity index (χ0n) is 19.3. The van der Waals surface area contributed by atoms with Crippen LogP contribution in [-0.2, 0) is 0 Å². The standard InChI is InChI=1S/C27H26ClN5O2/c1-15-25(17-4-8-20(9-5-17)32-27(34)35)33-26(31-15)22(12-16-2-3-16)24-11-6-18(14-30-24)21-13-19(28)7-10-23(21)29/h4-11,13-14,16,22,32H,2-3,12,29H2,1H3,(H,31,33)(H,34,35). The molecule has 1 unspecified atom stereocenters. The Hall–Kier alpha value is -3.84. The molecule has 0 bridgehead atoms. The van der Waals surface area contributed by atoms with Crippen LogP contribution in [0.25, 0.3) is 22.4 Å². The normalized spacial score (nSPS) is 14.0. The summed E-state index contributed by atoms with van der Waals surface area (Å²) in [7, 11) is 0. The highest BCUT2D eigenvalue weighted by Gasteiger charge is 2.30. The van der Waals surface area contributed by atoms with Crippen molar-refractivity contribution in [2.24, 2.45) is 5.92 Å². The number of amides is 1. The molecular formula is C27H26ClN5O2. The molecule has 1 aliphatic rings. The van der Waals surface area contributed by atoms with Gasteiger partial charge in [0.25, 0.3) is 0 Å². The van der Waals surface area contributed by atoms with E-state index < -0.39 is 6.09 Å². The second-order valence-corrected chi connectivity index (χ2v) is 9.47. The number of aromatic nitrogens is 3. The van der Waals surface area contributed by atoms with Crippen molar-refractivity contribution in [3.05, 3.63) is 83.0 Å². The number of carboxylic acid groups (broad SMARTS) is 1. The first-order valence-corrected chi connectivity index (χ1v) is 11.9. The quantitative estimate of drug-likeness (QED) is 0.216. The highest BCUT2D eigenvalue weighted by atomic mass is 35.5. The Morgan fingerprint density at radius 2 is 1.91 bits per heavy atom. The SMILES string of the molecule is Cc1[nH]c(C(CC2CC2)c2ccc(-c3cc(Cl)ccc3N)cn2)nc1-c1ccc(NC(=O)O)cc1. The van der Waals surface area contributed by atoms with Crippen LogP contribution in [0.4, 0.5) is 16.2 Å². The Morgan fingerprint density at radius 3 is 2.57 bits per heavy atom. The van der Waals surface area contributed by atoms with Gasteiger partial charge in [0.15, 0.2) is 0 Å². The molecule has 0 saturated heterocycles. The number of nitrogens with one attached hydrogen (secondary N) is 2. The number of halogens is 1. The molecule has 0 spiro atoms. The Labute approximate surface area is 208 Å². The van der Waals surface area contributed by atoms with Crippen LogP contribution in [0.3, 0.4) is 0 Å². The van der Waals surface area contributed by atoms with E-state index in [0.29, 0.717) is 22.3 Å². The molecule has 1 saturated carbocycles. The molecule has 2 heterocycles. The van der Waals surface area contributed by atoms with Gasteiger partial charge >= 0.3 is 6.09 Å². The van der Waals surface area contributed by atoms with E-state index >= 15 is 0 Å². The molecule has 1 amide bonds. The van der Waals surface area contributed by atoms with Crippen molar-refractivity contribution in [3.8, 4) is 22.4 Å². The summed E-state index contributed by atoms with van der Waals surface area (Å²) in [6.45, 7) is 2.00. The minimum absolute atomic E-state index is 0.0497. The van der Waals surface area contributed by atoms with Crippen molar-refractivity contribution >= 4 is 29.1 Å². The lowest BCUT2D eigenvalue weighted by atomic mass is 9.96. The number of aryl methyl sites for hydroxylation is 1. The number of hydrogen-bond donors (Lipinski definition) is 4. The fraction of sp³-hybridized carbons (Fsp3) is 0.222. The fourth-order valence-corrected chi connectivity index (χ4v) is 4.55. The van der Waals surface area contributed by atoms with E-state index in [9.17, 15) is 4.79 Å². The zero-order chi connectivity index (χ0) is 24.5. The number of pyridine rings is 1. The number of nitrogens with zero attached hydrogens (tertiary/aromatic N) is 2. The lowest BCUT2D eigenvalue weighted by Crippen LogP contribution is -2.07. The Balaban J connectivity index is 1.44. The van der Waals surface area contributed by atoms with Gasteiger partial charge in [-0.05, 0) is 55.7 Å². The van der Waals surface area contributed by atoms with Gasteiger partial charge in [-0.25, -0.2) is 9.78 Å². The highest BCUT2D eigenvalue weighted by Crippen LogP contribution is 2.41. The number of carbonyl (C=O) groups is 1. The Morgan fingerprint density at radius 1 is 1.17 bits per heavy atom. The fourth-order valence-electron chi connectivity index (χ4n) is 4.37. The van der Waals surface area contributed by atoms with Crippen molar-refractivity contribution in [2.75, 3.05) is 11.1 Å². The van der Waals surface area contributed by atoms with E-state index in [1.807, 2.05) is 43.5 Å². The molecule has 5 N–H and O–H groups in total. The maximum absolute atomic E-state index is 10.9. The summed E-state index contributed by atoms with van der Waals surface area (Å²) in [4.78, 5) is 24.1. The maximum atomic E-state index is 10.9. The lowest BCUT2D eigenvalue weighted by molar-refractivity contribution is 0.209. The average Bonchev–Trinajstić information content (AvgIpc) is 3.59. The summed E-state index contributed by atoms with van der Waals surface area (Å²) in [5, 5.41) is 11.9. The maximum Gasteiger partial charge on any atom is 0.409 e. The van der Waals surface area contributed by atoms with Crippen molar-refractivity contribution in [3.63, 3.8) is 0 Å². The lowest BCUT2D eigenvalue weighted by Gasteiger charge is -2.15. The van der Waals surface area contributed by atoms with E-state index in [0.717, 1.165) is 46.0 Å². The minimum Gasteiger partial charge on any atom is -0.465 e. The van der Waals surface area contributed by atoms with E-state index in [4.69, 9.17) is 32.4 Å². The average molecular weight is 488 g/mol. The van der Waals surface area contributed by atoms with Crippen LogP contribution in [-0.4, -0.2) is 26.2 Å². The van der Waals surface area contributed by atoms with E-state index in [2.05, 4.69) is 10.3 Å². The molecule has 1 fully saturated rings. The van der Waals surface area contributed by atoms with Crippen molar-refractivity contribution in [2.45, 2.75) is 32.1 Å². The van der Waals surface area contributed by atoms with Crippen LogP contribution in [0.5, 0.6) is 0 Å². The van der Waals surface area contributed by atoms with Crippen molar-refractivity contribution < 1.29 is 9.90 Å². The summed E-state index contributed by atoms with van der Waals surface area (Å²) in [6.07, 6.45) is 4.22. The molecule has 1 aliphatic carbocycles. The number of rotatable bonds is 7. The number of nitrogen functional groups attached to an aromatic ring is 1. The van der Waals surface area contributed by atoms with Crippen molar-refractivity contribution in [1.82, 2.24) is 15.0 Å². The molecule has 0 aliphatic heterocycles. The molecule has 35 heavy (non-hydrogen) atoms. The summed E-state index contributed by atoms with van der Waals surface area (Å²) in [5.41, 5.74) is 12.8. The predicted octanol–water partition coefficient (Wildman–Crippen LogP) is 6.70. The van der Waals surface area contributed by atoms with Crippen LogP contribution >= 0.6 is 11.6 Å². The molecule has 1 atom stereocenters. The van der Waals surface area contributed by atoms with E-state index in [1.54, 1.807) is 24.3 Å². The van der Waals surface area contributed by atoms with Gasteiger partial charge in [0.2, 0.25) is 0 Å². The van der Waals surface area contributed by atoms with Crippen LogP contribution in [0.2, 0.25) is 5.02 Å². The number of nitrogens with two attached hydrogens (primary N) is 1. The van der Waals surface area contributed by atoms with Gasteiger partial charge in [0.05, 0.1) is 17.3 Å². The first-order valence-electron chi connectivity index (χ1n) is 11.6. The number of anilines is 2. The zero-order valence-corrected chi connectivity index (χ0v) is 20.0. The summed E-state index contributed by atoms with van der Waals surface area (Å²) in [5.74, 6) is 1.62. The van der Waals surface area contributed by atoms with E-state index in [1.165, 1.54) is 12.8 Å². The molecule has 5 rings (SSSR count). The number of aromatic amines is 1. The third kappa shape index (κ3) is 5.15.